The Labute approximate surface area is 165 Å². The molecule has 0 saturated carbocycles. The number of benzene rings is 1. The van der Waals surface area contributed by atoms with Crippen molar-refractivity contribution in [2.24, 2.45) is 4.99 Å². The number of aromatic nitrogens is 3. The molecule has 0 amide bonds. The zero-order valence-electron chi connectivity index (χ0n) is 15.9. The van der Waals surface area contributed by atoms with Gasteiger partial charge in [-0.05, 0) is 44.9 Å². The highest BCUT2D eigenvalue weighted by atomic mass is 32.1. The smallest absolute Gasteiger partial charge is 0.306 e. The van der Waals surface area contributed by atoms with Crippen molar-refractivity contribution in [3.8, 4) is 5.00 Å². The van der Waals surface area contributed by atoms with E-state index in [0.717, 1.165) is 21.0 Å². The maximum atomic E-state index is 14.3. The molecule has 1 unspecified atom stereocenters. The van der Waals surface area contributed by atoms with E-state index < -0.39 is 12.0 Å². The van der Waals surface area contributed by atoms with Crippen LogP contribution in [0.25, 0.3) is 5.00 Å². The van der Waals surface area contributed by atoms with E-state index in [0.29, 0.717) is 28.5 Å². The first-order valence-corrected chi connectivity index (χ1v) is 9.68. The Hall–Kier alpha value is -2.87. The molecule has 0 radical (unpaired) electrons. The van der Waals surface area contributed by atoms with Crippen LogP contribution in [0.3, 0.4) is 0 Å². The summed E-state index contributed by atoms with van der Waals surface area (Å²) in [5.74, 6) is -0.140. The van der Waals surface area contributed by atoms with Gasteiger partial charge in [0, 0.05) is 16.0 Å². The van der Waals surface area contributed by atoms with Crippen molar-refractivity contribution in [3.63, 3.8) is 0 Å². The molecule has 1 atom stereocenters. The molecule has 0 aliphatic carbocycles. The minimum Gasteiger partial charge on any atom is -0.481 e. The highest BCUT2D eigenvalue weighted by Gasteiger charge is 2.32. The van der Waals surface area contributed by atoms with Crippen molar-refractivity contribution in [2.75, 3.05) is 0 Å². The Morgan fingerprint density at radius 3 is 2.68 bits per heavy atom. The maximum absolute atomic E-state index is 14.3. The Morgan fingerprint density at radius 2 is 2.00 bits per heavy atom. The Kier molecular flexibility index (Phi) is 4.38. The van der Waals surface area contributed by atoms with E-state index in [1.165, 1.54) is 6.07 Å². The zero-order chi connectivity index (χ0) is 20.2. The van der Waals surface area contributed by atoms with Crippen LogP contribution < -0.4 is 0 Å². The minimum absolute atomic E-state index is 0.219. The maximum Gasteiger partial charge on any atom is 0.306 e. The monoisotopic (exact) mass is 398 g/mol. The lowest BCUT2D eigenvalue weighted by Crippen LogP contribution is -2.10. The van der Waals surface area contributed by atoms with Gasteiger partial charge < -0.3 is 5.11 Å². The molecule has 0 bridgehead atoms. The normalized spacial score (nSPS) is 15.6. The molecule has 3 aromatic rings. The molecule has 144 valence electrons. The lowest BCUT2D eigenvalue weighted by molar-refractivity contribution is -0.137. The van der Waals surface area contributed by atoms with Gasteiger partial charge in [0.25, 0.3) is 0 Å². The lowest BCUT2D eigenvalue weighted by atomic mass is 9.98. The van der Waals surface area contributed by atoms with Gasteiger partial charge in [0.15, 0.2) is 5.82 Å². The quantitative estimate of drug-likeness (QED) is 0.721. The van der Waals surface area contributed by atoms with Gasteiger partial charge in [-0.3, -0.25) is 14.4 Å². The fraction of sp³-hybridized carbons (Fsp3) is 0.300. The van der Waals surface area contributed by atoms with Gasteiger partial charge >= 0.3 is 5.97 Å². The number of aliphatic carboxylic acids is 1. The summed E-state index contributed by atoms with van der Waals surface area (Å²) >= 11 is 1.58. The van der Waals surface area contributed by atoms with E-state index in [9.17, 15) is 14.3 Å². The van der Waals surface area contributed by atoms with Gasteiger partial charge in [0.2, 0.25) is 0 Å². The summed E-state index contributed by atoms with van der Waals surface area (Å²) in [6, 6.07) is 4.29. The number of hydrogen-bond acceptors (Lipinski definition) is 5. The summed E-state index contributed by atoms with van der Waals surface area (Å²) in [6.07, 6.45) is -0.219. The first kappa shape index (κ1) is 18.5. The van der Waals surface area contributed by atoms with E-state index in [-0.39, 0.29) is 12.2 Å². The average Bonchev–Trinajstić information content (AvgIpc) is 3.10. The third-order valence-electron chi connectivity index (χ3n) is 5.05. The Balaban J connectivity index is 2.05. The second kappa shape index (κ2) is 6.63. The third kappa shape index (κ3) is 2.84. The summed E-state index contributed by atoms with van der Waals surface area (Å²) in [7, 11) is 0. The molecule has 0 fully saturated rings. The van der Waals surface area contributed by atoms with Gasteiger partial charge in [0.1, 0.15) is 22.7 Å². The van der Waals surface area contributed by atoms with Crippen LogP contribution in [0.5, 0.6) is 0 Å². The molecule has 0 spiro atoms. The second-order valence-corrected chi connectivity index (χ2v) is 8.16. The number of aryl methyl sites for hydroxylation is 3. The number of hydrogen-bond donors (Lipinski definition) is 1. The number of fused-ring (bicyclic) bond motifs is 3. The molecule has 28 heavy (non-hydrogen) atoms. The highest BCUT2D eigenvalue weighted by molar-refractivity contribution is 7.15. The Bertz CT molecular complexity index is 1150. The summed E-state index contributed by atoms with van der Waals surface area (Å²) in [5, 5.41) is 18.7. The number of thiophene rings is 1. The first-order valence-electron chi connectivity index (χ1n) is 8.86. The van der Waals surface area contributed by atoms with E-state index >= 15 is 0 Å². The second-order valence-electron chi connectivity index (χ2n) is 6.96. The van der Waals surface area contributed by atoms with Crippen molar-refractivity contribution >= 4 is 23.0 Å². The summed E-state index contributed by atoms with van der Waals surface area (Å²) in [6.45, 7) is 7.56. The van der Waals surface area contributed by atoms with Gasteiger partial charge in [-0.25, -0.2) is 4.39 Å². The van der Waals surface area contributed by atoms with Crippen LogP contribution in [0.2, 0.25) is 0 Å². The van der Waals surface area contributed by atoms with Crippen LogP contribution in [-0.4, -0.2) is 31.6 Å². The predicted molar refractivity (Wildman–Crippen MR) is 105 cm³/mol. The van der Waals surface area contributed by atoms with Crippen LogP contribution in [0.1, 0.15) is 51.2 Å². The first-order chi connectivity index (χ1) is 13.3. The lowest BCUT2D eigenvalue weighted by Gasteiger charge is -2.11. The van der Waals surface area contributed by atoms with E-state index in [4.69, 9.17) is 4.99 Å². The average molecular weight is 398 g/mol. The topological polar surface area (TPSA) is 80.4 Å². The molecule has 2 aromatic heterocycles. The van der Waals surface area contributed by atoms with Crippen LogP contribution in [0, 0.1) is 33.5 Å². The van der Waals surface area contributed by atoms with Crippen LogP contribution in [-0.2, 0) is 4.79 Å². The molecule has 1 aliphatic rings. The molecule has 3 heterocycles. The third-order valence-corrected chi connectivity index (χ3v) is 6.25. The van der Waals surface area contributed by atoms with Crippen molar-refractivity contribution in [3.05, 3.63) is 62.8 Å². The number of nitrogens with zero attached hydrogens (tertiary/aromatic N) is 4. The van der Waals surface area contributed by atoms with Crippen molar-refractivity contribution < 1.29 is 14.3 Å². The molecule has 8 heteroatoms. The molecule has 4 rings (SSSR count). The van der Waals surface area contributed by atoms with Gasteiger partial charge in [0.05, 0.1) is 12.1 Å². The predicted octanol–water partition coefficient (Wildman–Crippen LogP) is 4.07. The molecular weight excluding hydrogens is 379 g/mol. The minimum atomic E-state index is -0.978. The summed E-state index contributed by atoms with van der Waals surface area (Å²) < 4.78 is 16.2. The molecule has 0 saturated heterocycles. The van der Waals surface area contributed by atoms with Crippen molar-refractivity contribution in [1.82, 2.24) is 14.8 Å². The SMILES string of the molecule is Cc1ccc(C2=NC(CC(=O)O)c3nnc(C)n3-c3sc(C)c(C)c32)cc1F. The molecular formula is C20H19FN4O2S. The number of rotatable bonds is 3. The van der Waals surface area contributed by atoms with Crippen molar-refractivity contribution in [1.29, 1.82) is 0 Å². The van der Waals surface area contributed by atoms with Crippen LogP contribution in [0.15, 0.2) is 23.2 Å². The van der Waals surface area contributed by atoms with Crippen LogP contribution >= 0.6 is 11.3 Å². The highest BCUT2D eigenvalue weighted by Crippen LogP contribution is 2.39. The standard InChI is InChI=1S/C20H19FN4O2S/c1-9-5-6-13(7-14(9)21)18-17-10(2)11(3)28-20(17)25-12(4)23-24-19(25)15(22-18)8-16(26)27/h5-7,15H,8H2,1-4H3,(H,26,27). The molecule has 1 aliphatic heterocycles. The molecule has 6 nitrogen and oxygen atoms in total. The fourth-order valence-electron chi connectivity index (χ4n) is 3.43. The number of carboxylic acid groups (broad SMARTS) is 1. The van der Waals surface area contributed by atoms with Crippen LogP contribution in [0.4, 0.5) is 4.39 Å². The fourth-order valence-corrected chi connectivity index (χ4v) is 4.64. The van der Waals surface area contributed by atoms with Gasteiger partial charge in [-0.15, -0.1) is 21.5 Å². The largest absolute Gasteiger partial charge is 0.481 e. The van der Waals surface area contributed by atoms with E-state index in [1.807, 2.05) is 31.4 Å². The number of carboxylic acids is 1. The van der Waals surface area contributed by atoms with Gasteiger partial charge in [-0.2, -0.15) is 0 Å². The number of aliphatic imine (C=N–C) groups is 1. The molecule has 1 aromatic carbocycles. The molecule has 1 N–H and O–H groups in total. The zero-order valence-corrected chi connectivity index (χ0v) is 16.8. The van der Waals surface area contributed by atoms with Gasteiger partial charge in [-0.1, -0.05) is 12.1 Å². The van der Waals surface area contributed by atoms with Crippen molar-refractivity contribution in [2.45, 2.75) is 40.2 Å². The summed E-state index contributed by atoms with van der Waals surface area (Å²) in [4.78, 5) is 17.4. The number of carbonyl (C=O) groups is 1. The van der Waals surface area contributed by atoms with E-state index in [2.05, 4.69) is 10.2 Å². The Morgan fingerprint density at radius 1 is 1.25 bits per heavy atom. The number of halogens is 1. The summed E-state index contributed by atoms with van der Waals surface area (Å²) in [5.41, 5.74) is 3.67. The van der Waals surface area contributed by atoms with E-state index in [1.54, 1.807) is 24.3 Å².